The molecule has 192 valence electrons. The molecule has 0 saturated carbocycles. The van der Waals surface area contributed by atoms with E-state index < -0.39 is 16.6 Å². The van der Waals surface area contributed by atoms with Crippen molar-refractivity contribution >= 4 is 37.4 Å². The first kappa shape index (κ1) is 27.3. The highest BCUT2D eigenvalue weighted by Crippen LogP contribution is 2.23. The van der Waals surface area contributed by atoms with Gasteiger partial charge in [-0.15, -0.1) is 0 Å². The zero-order valence-electron chi connectivity index (χ0n) is 22.3. The van der Waals surface area contributed by atoms with E-state index in [0.717, 1.165) is 44.6 Å². The van der Waals surface area contributed by atoms with Gasteiger partial charge in [-0.1, -0.05) is 142 Å². The number of benzene rings is 4. The Labute approximate surface area is 225 Å². The fraction of sp³-hybridized carbons (Fsp3) is 0.273. The minimum Gasteiger partial charge on any atom is -0.408 e. The molecule has 0 spiro atoms. The molecule has 0 aliphatic heterocycles. The Kier molecular flexibility index (Phi) is 10.1. The molecule has 37 heavy (non-hydrogen) atoms. The lowest BCUT2D eigenvalue weighted by molar-refractivity contribution is 0.310. The van der Waals surface area contributed by atoms with Crippen LogP contribution in [-0.4, -0.2) is 29.8 Å². The predicted molar refractivity (Wildman–Crippen MR) is 163 cm³/mol. The minimum absolute atomic E-state index is 0.780. The summed E-state index contributed by atoms with van der Waals surface area (Å²) in [7, 11) is -4.87. The van der Waals surface area contributed by atoms with E-state index in [4.69, 9.17) is 8.85 Å². The van der Waals surface area contributed by atoms with Crippen molar-refractivity contribution in [2.45, 2.75) is 45.2 Å². The molecular formula is C33H40O2Si2. The maximum atomic E-state index is 6.97. The second-order valence-electron chi connectivity index (χ2n) is 9.67. The minimum atomic E-state index is -2.43. The topological polar surface area (TPSA) is 18.5 Å². The van der Waals surface area contributed by atoms with E-state index >= 15 is 0 Å². The molecule has 0 saturated heterocycles. The molecule has 0 aromatic heterocycles. The quantitative estimate of drug-likeness (QED) is 0.196. The smallest absolute Gasteiger partial charge is 0.255 e. The van der Waals surface area contributed by atoms with E-state index in [-0.39, 0.29) is 0 Å². The van der Waals surface area contributed by atoms with Gasteiger partial charge in [0.25, 0.3) is 16.6 Å². The van der Waals surface area contributed by atoms with E-state index in [1.807, 2.05) is 0 Å². The molecule has 0 aliphatic carbocycles. The van der Waals surface area contributed by atoms with E-state index in [2.05, 4.69) is 135 Å². The van der Waals surface area contributed by atoms with Crippen LogP contribution in [0.4, 0.5) is 0 Å². The van der Waals surface area contributed by atoms with Crippen molar-refractivity contribution < 1.29 is 8.85 Å². The summed E-state index contributed by atoms with van der Waals surface area (Å²) in [6.07, 6.45) is 3.08. The monoisotopic (exact) mass is 524 g/mol. The van der Waals surface area contributed by atoms with Crippen LogP contribution in [0.25, 0.3) is 0 Å². The van der Waals surface area contributed by atoms with Crippen LogP contribution in [0.3, 0.4) is 0 Å². The van der Waals surface area contributed by atoms with Gasteiger partial charge in [-0.25, -0.2) is 0 Å². The van der Waals surface area contributed by atoms with Crippen molar-refractivity contribution in [2.24, 2.45) is 0 Å². The van der Waals surface area contributed by atoms with Gasteiger partial charge in [0, 0.05) is 13.2 Å². The van der Waals surface area contributed by atoms with Crippen LogP contribution < -0.4 is 20.7 Å². The molecule has 0 bridgehead atoms. The lowest BCUT2D eigenvalue weighted by Gasteiger charge is -2.36. The van der Waals surface area contributed by atoms with E-state index in [9.17, 15) is 0 Å². The molecule has 0 aliphatic rings. The standard InChI is InChI=1S/C33H40O2Si2/c1-3-26-34-36(30-18-9-5-10-19-30,31-20-11-6-12-21-31)28-17-29-37(35-27-4-2,32-22-13-7-14-23-32)33-24-15-8-16-25-33/h5-16,18-25H,3-4,17,26-29H2,1-2H3. The van der Waals surface area contributed by atoms with Gasteiger partial charge in [0.2, 0.25) is 0 Å². The van der Waals surface area contributed by atoms with Crippen LogP contribution >= 0.6 is 0 Å². The second-order valence-corrected chi connectivity index (χ2v) is 16.9. The van der Waals surface area contributed by atoms with E-state index in [0.29, 0.717) is 0 Å². The zero-order chi connectivity index (χ0) is 25.8. The Balaban J connectivity index is 1.74. The SMILES string of the molecule is CCCO[Si](CCC[Si](OCCC)(c1ccccc1)c1ccccc1)(c1ccccc1)c1ccccc1. The Morgan fingerprint density at radius 2 is 0.703 bits per heavy atom. The molecule has 4 aromatic rings. The van der Waals surface area contributed by atoms with E-state index in [1.54, 1.807) is 0 Å². The molecule has 0 fully saturated rings. The first-order valence-electron chi connectivity index (χ1n) is 13.7. The fourth-order valence-corrected chi connectivity index (χ4v) is 13.9. The molecule has 4 heteroatoms. The average molecular weight is 525 g/mol. The third-order valence-corrected chi connectivity index (χ3v) is 15.7. The third kappa shape index (κ3) is 6.39. The van der Waals surface area contributed by atoms with Crippen LogP contribution in [-0.2, 0) is 8.85 Å². The maximum absolute atomic E-state index is 6.97. The number of hydrogen-bond acceptors (Lipinski definition) is 2. The third-order valence-electron chi connectivity index (χ3n) is 7.12. The van der Waals surface area contributed by atoms with Crippen LogP contribution in [0.2, 0.25) is 12.1 Å². The van der Waals surface area contributed by atoms with Crippen LogP contribution in [0.1, 0.15) is 33.1 Å². The molecule has 4 aromatic carbocycles. The van der Waals surface area contributed by atoms with Gasteiger partial charge in [0.15, 0.2) is 0 Å². The predicted octanol–water partition coefficient (Wildman–Crippen LogP) is 5.75. The number of rotatable bonds is 14. The molecular weight excluding hydrogens is 485 g/mol. The van der Waals surface area contributed by atoms with Gasteiger partial charge in [-0.2, -0.15) is 0 Å². The molecule has 0 unspecified atom stereocenters. The van der Waals surface area contributed by atoms with Gasteiger partial charge in [-0.3, -0.25) is 0 Å². The Hall–Kier alpha value is -2.77. The van der Waals surface area contributed by atoms with Gasteiger partial charge >= 0.3 is 0 Å². The highest BCUT2D eigenvalue weighted by atomic mass is 28.4. The van der Waals surface area contributed by atoms with Crippen molar-refractivity contribution in [1.29, 1.82) is 0 Å². The Bertz CT molecular complexity index is 994. The Morgan fingerprint density at radius 3 is 0.946 bits per heavy atom. The molecule has 0 N–H and O–H groups in total. The lowest BCUT2D eigenvalue weighted by atomic mass is 10.4. The normalized spacial score (nSPS) is 11.9. The molecule has 0 radical (unpaired) electrons. The van der Waals surface area contributed by atoms with Crippen molar-refractivity contribution in [2.75, 3.05) is 13.2 Å². The summed E-state index contributed by atoms with van der Waals surface area (Å²) in [5.74, 6) is 0. The van der Waals surface area contributed by atoms with Gasteiger partial charge < -0.3 is 8.85 Å². The highest BCUT2D eigenvalue weighted by Gasteiger charge is 2.43. The summed E-state index contributed by atoms with van der Waals surface area (Å²) in [6.45, 7) is 5.97. The van der Waals surface area contributed by atoms with Crippen LogP contribution in [0.5, 0.6) is 0 Å². The zero-order valence-corrected chi connectivity index (χ0v) is 24.3. The van der Waals surface area contributed by atoms with Crippen LogP contribution in [0.15, 0.2) is 121 Å². The van der Waals surface area contributed by atoms with Crippen molar-refractivity contribution in [3.05, 3.63) is 121 Å². The van der Waals surface area contributed by atoms with Crippen molar-refractivity contribution in [3.8, 4) is 0 Å². The molecule has 0 atom stereocenters. The van der Waals surface area contributed by atoms with Gasteiger partial charge in [0.1, 0.15) is 0 Å². The van der Waals surface area contributed by atoms with E-state index in [1.165, 1.54) is 20.7 Å². The summed E-state index contributed by atoms with van der Waals surface area (Å²) >= 11 is 0. The highest BCUT2D eigenvalue weighted by molar-refractivity contribution is 6.99. The molecule has 0 heterocycles. The van der Waals surface area contributed by atoms with Gasteiger partial charge in [-0.05, 0) is 45.7 Å². The largest absolute Gasteiger partial charge is 0.408 e. The van der Waals surface area contributed by atoms with Crippen LogP contribution in [0, 0.1) is 0 Å². The van der Waals surface area contributed by atoms with Gasteiger partial charge in [0.05, 0.1) is 0 Å². The van der Waals surface area contributed by atoms with Crippen molar-refractivity contribution in [3.63, 3.8) is 0 Å². The summed E-state index contributed by atoms with van der Waals surface area (Å²) in [5.41, 5.74) is 0. The molecule has 2 nitrogen and oxygen atoms in total. The first-order chi connectivity index (χ1) is 18.2. The Morgan fingerprint density at radius 1 is 0.432 bits per heavy atom. The maximum Gasteiger partial charge on any atom is 0.255 e. The summed E-state index contributed by atoms with van der Waals surface area (Å²) in [4.78, 5) is 0. The summed E-state index contributed by atoms with van der Waals surface area (Å²) < 4.78 is 13.9. The average Bonchev–Trinajstić information content (AvgIpc) is 2.98. The lowest BCUT2D eigenvalue weighted by Crippen LogP contribution is -2.63. The fourth-order valence-electron chi connectivity index (χ4n) is 5.36. The summed E-state index contributed by atoms with van der Waals surface area (Å²) in [5, 5.41) is 5.43. The first-order valence-corrected chi connectivity index (χ1v) is 18.0. The molecule has 4 rings (SSSR count). The summed E-state index contributed by atoms with van der Waals surface area (Å²) in [6, 6.07) is 46.0. The second kappa shape index (κ2) is 13.7. The van der Waals surface area contributed by atoms with Crippen molar-refractivity contribution in [1.82, 2.24) is 0 Å². The molecule has 0 amide bonds. The number of hydrogen-bond donors (Lipinski definition) is 0.